The van der Waals surface area contributed by atoms with Crippen molar-refractivity contribution in [3.05, 3.63) is 71.7 Å². The number of hydrogen-bond acceptors (Lipinski definition) is 2. The fourth-order valence-electron chi connectivity index (χ4n) is 3.70. The van der Waals surface area contributed by atoms with Gasteiger partial charge < -0.3 is 14.8 Å². The molecule has 0 saturated carbocycles. The van der Waals surface area contributed by atoms with Crippen LogP contribution >= 0.6 is 0 Å². The van der Waals surface area contributed by atoms with E-state index in [9.17, 15) is 14.0 Å². The van der Waals surface area contributed by atoms with Crippen molar-refractivity contribution < 1.29 is 14.0 Å². The van der Waals surface area contributed by atoms with Crippen LogP contribution in [-0.4, -0.2) is 52.8 Å². The maximum absolute atomic E-state index is 13.8. The smallest absolute Gasteiger partial charge is 0.256 e. The lowest BCUT2D eigenvalue weighted by Gasteiger charge is -2.35. The number of amides is 2. The fourth-order valence-corrected chi connectivity index (χ4v) is 3.70. The monoisotopic (exact) mass is 379 g/mol. The number of aromatic amines is 1. The molecule has 4 rings (SSSR count). The van der Waals surface area contributed by atoms with Crippen molar-refractivity contribution in [3.8, 4) is 0 Å². The SMILES string of the molecule is O=C(CCc1c[nH]c2ccccc12)N1CCN(C(=O)c2ccccc2F)CC1. The zero-order chi connectivity index (χ0) is 19.5. The predicted octanol–water partition coefficient (Wildman–Crippen LogP) is 3.22. The van der Waals surface area contributed by atoms with E-state index in [2.05, 4.69) is 11.1 Å². The molecule has 0 aliphatic carbocycles. The highest BCUT2D eigenvalue weighted by atomic mass is 19.1. The van der Waals surface area contributed by atoms with Crippen LogP contribution in [-0.2, 0) is 11.2 Å². The Labute approximate surface area is 162 Å². The summed E-state index contributed by atoms with van der Waals surface area (Å²) >= 11 is 0. The van der Waals surface area contributed by atoms with Crippen molar-refractivity contribution in [2.75, 3.05) is 26.2 Å². The number of H-pyrrole nitrogens is 1. The van der Waals surface area contributed by atoms with E-state index < -0.39 is 5.82 Å². The Kier molecular flexibility index (Phi) is 5.10. The number of carbonyl (C=O) groups excluding carboxylic acids is 2. The molecule has 0 bridgehead atoms. The molecule has 1 aromatic heterocycles. The lowest BCUT2D eigenvalue weighted by atomic mass is 10.1. The van der Waals surface area contributed by atoms with Crippen molar-refractivity contribution in [1.29, 1.82) is 0 Å². The fraction of sp³-hybridized carbons (Fsp3) is 0.273. The number of nitrogens with zero attached hydrogens (tertiary/aromatic N) is 2. The average Bonchev–Trinajstić information content (AvgIpc) is 3.15. The normalized spacial score (nSPS) is 14.5. The van der Waals surface area contributed by atoms with Gasteiger partial charge in [0.25, 0.3) is 5.91 Å². The minimum Gasteiger partial charge on any atom is -0.361 e. The Morgan fingerprint density at radius 3 is 2.39 bits per heavy atom. The lowest BCUT2D eigenvalue weighted by molar-refractivity contribution is -0.132. The van der Waals surface area contributed by atoms with Crippen LogP contribution in [0, 0.1) is 5.82 Å². The molecule has 0 spiro atoms. The highest BCUT2D eigenvalue weighted by Crippen LogP contribution is 2.20. The molecule has 6 heteroatoms. The molecule has 1 aliphatic rings. The van der Waals surface area contributed by atoms with Crippen molar-refractivity contribution in [2.24, 2.45) is 0 Å². The molecule has 1 N–H and O–H groups in total. The molecular formula is C22H22FN3O2. The Morgan fingerprint density at radius 2 is 1.61 bits per heavy atom. The van der Waals surface area contributed by atoms with Crippen molar-refractivity contribution in [3.63, 3.8) is 0 Å². The first-order valence-corrected chi connectivity index (χ1v) is 9.50. The maximum Gasteiger partial charge on any atom is 0.256 e. The second kappa shape index (κ2) is 7.84. The van der Waals surface area contributed by atoms with Gasteiger partial charge in [-0.1, -0.05) is 30.3 Å². The number of nitrogens with one attached hydrogen (secondary N) is 1. The van der Waals surface area contributed by atoms with Crippen LogP contribution in [0.4, 0.5) is 4.39 Å². The van der Waals surface area contributed by atoms with E-state index in [-0.39, 0.29) is 17.4 Å². The van der Waals surface area contributed by atoms with Gasteiger partial charge in [-0.15, -0.1) is 0 Å². The Hall–Kier alpha value is -3.15. The van der Waals surface area contributed by atoms with Crippen molar-refractivity contribution in [1.82, 2.24) is 14.8 Å². The summed E-state index contributed by atoms with van der Waals surface area (Å²) in [4.78, 5) is 31.7. The van der Waals surface area contributed by atoms with Gasteiger partial charge in [-0.25, -0.2) is 4.39 Å². The first kappa shape index (κ1) is 18.2. The minimum absolute atomic E-state index is 0.0848. The molecule has 0 unspecified atom stereocenters. The number of aromatic nitrogens is 1. The standard InChI is InChI=1S/C22H22FN3O2/c23-19-7-3-1-6-18(19)22(28)26-13-11-25(12-14-26)21(27)10-9-16-15-24-20-8-4-2-5-17(16)20/h1-8,15,24H,9-14H2. The predicted molar refractivity (Wildman–Crippen MR) is 106 cm³/mol. The third-order valence-corrected chi connectivity index (χ3v) is 5.31. The van der Waals surface area contributed by atoms with Crippen LogP contribution in [0.25, 0.3) is 10.9 Å². The van der Waals surface area contributed by atoms with Crippen molar-refractivity contribution >= 4 is 22.7 Å². The Balaban J connectivity index is 1.31. The molecule has 28 heavy (non-hydrogen) atoms. The number of aryl methyl sites for hydroxylation is 1. The molecule has 2 aromatic carbocycles. The van der Waals surface area contributed by atoms with Gasteiger partial charge >= 0.3 is 0 Å². The summed E-state index contributed by atoms with van der Waals surface area (Å²) in [6, 6.07) is 14.1. The first-order chi connectivity index (χ1) is 13.6. The third-order valence-electron chi connectivity index (χ3n) is 5.31. The quantitative estimate of drug-likeness (QED) is 0.757. The van der Waals surface area contributed by atoms with Gasteiger partial charge in [-0.3, -0.25) is 9.59 Å². The summed E-state index contributed by atoms with van der Waals surface area (Å²) < 4.78 is 13.8. The molecule has 1 fully saturated rings. The van der Waals surface area contributed by atoms with E-state index in [4.69, 9.17) is 0 Å². The largest absolute Gasteiger partial charge is 0.361 e. The van der Waals surface area contributed by atoms with Crippen LogP contribution in [0.1, 0.15) is 22.3 Å². The topological polar surface area (TPSA) is 56.4 Å². The number of para-hydroxylation sites is 1. The highest BCUT2D eigenvalue weighted by molar-refractivity contribution is 5.94. The van der Waals surface area contributed by atoms with E-state index in [0.29, 0.717) is 39.0 Å². The molecule has 0 atom stereocenters. The van der Waals surface area contributed by atoms with Crippen LogP contribution < -0.4 is 0 Å². The van der Waals surface area contributed by atoms with Gasteiger partial charge in [-0.2, -0.15) is 0 Å². The molecule has 2 heterocycles. The summed E-state index contributed by atoms with van der Waals surface area (Å²) in [6.07, 6.45) is 3.07. The zero-order valence-electron chi connectivity index (χ0n) is 15.5. The summed E-state index contributed by atoms with van der Waals surface area (Å²) in [5.41, 5.74) is 2.30. The summed E-state index contributed by atoms with van der Waals surface area (Å²) in [5, 5.41) is 1.15. The van der Waals surface area contributed by atoms with Gasteiger partial charge in [-0.05, 0) is 30.2 Å². The summed E-state index contributed by atoms with van der Waals surface area (Å²) in [6.45, 7) is 1.80. The minimum atomic E-state index is -0.510. The van der Waals surface area contributed by atoms with Crippen LogP contribution in [0.15, 0.2) is 54.7 Å². The number of hydrogen-bond donors (Lipinski definition) is 1. The Morgan fingerprint density at radius 1 is 0.929 bits per heavy atom. The van der Waals surface area contributed by atoms with E-state index in [1.807, 2.05) is 24.4 Å². The van der Waals surface area contributed by atoms with Gasteiger partial charge in [0.2, 0.25) is 5.91 Å². The molecule has 5 nitrogen and oxygen atoms in total. The van der Waals surface area contributed by atoms with Crippen LogP contribution in [0.2, 0.25) is 0 Å². The van der Waals surface area contributed by atoms with Crippen LogP contribution in [0.5, 0.6) is 0 Å². The van der Waals surface area contributed by atoms with E-state index >= 15 is 0 Å². The molecule has 3 aromatic rings. The van der Waals surface area contributed by atoms with Gasteiger partial charge in [0, 0.05) is 49.7 Å². The molecular weight excluding hydrogens is 357 g/mol. The molecule has 1 saturated heterocycles. The van der Waals surface area contributed by atoms with Crippen molar-refractivity contribution in [2.45, 2.75) is 12.8 Å². The van der Waals surface area contributed by atoms with Crippen LogP contribution in [0.3, 0.4) is 0 Å². The molecule has 2 amide bonds. The highest BCUT2D eigenvalue weighted by Gasteiger charge is 2.26. The number of piperazine rings is 1. The van der Waals surface area contributed by atoms with E-state index in [1.54, 1.807) is 21.9 Å². The number of benzene rings is 2. The number of rotatable bonds is 4. The summed E-state index contributed by atoms with van der Waals surface area (Å²) in [5.74, 6) is -0.739. The maximum atomic E-state index is 13.8. The molecule has 144 valence electrons. The lowest BCUT2D eigenvalue weighted by Crippen LogP contribution is -2.50. The second-order valence-corrected chi connectivity index (χ2v) is 7.01. The third kappa shape index (κ3) is 3.63. The summed E-state index contributed by atoms with van der Waals surface area (Å²) in [7, 11) is 0. The van der Waals surface area contributed by atoms with E-state index in [1.165, 1.54) is 12.1 Å². The average molecular weight is 379 g/mol. The molecule has 1 aliphatic heterocycles. The molecule has 0 radical (unpaired) electrons. The Bertz CT molecular complexity index is 1010. The zero-order valence-corrected chi connectivity index (χ0v) is 15.5. The van der Waals surface area contributed by atoms with Gasteiger partial charge in [0.05, 0.1) is 5.56 Å². The number of fused-ring (bicyclic) bond motifs is 1. The number of halogens is 1. The first-order valence-electron chi connectivity index (χ1n) is 9.50. The number of carbonyl (C=O) groups is 2. The van der Waals surface area contributed by atoms with Gasteiger partial charge in [0.15, 0.2) is 0 Å². The van der Waals surface area contributed by atoms with E-state index in [0.717, 1.165) is 16.5 Å². The second-order valence-electron chi connectivity index (χ2n) is 7.01. The van der Waals surface area contributed by atoms with Gasteiger partial charge in [0.1, 0.15) is 5.82 Å².